The topological polar surface area (TPSA) is 50.2 Å². The number of hydrogen-bond acceptors (Lipinski definition) is 4. The normalized spacial score (nSPS) is 11.1. The zero-order valence-electron chi connectivity index (χ0n) is 6.89. The third-order valence-corrected chi connectivity index (χ3v) is 2.18. The lowest BCUT2D eigenvalue weighted by Gasteiger charge is -1.99. The number of halogens is 1. The lowest BCUT2D eigenvalue weighted by atomic mass is 10.4. The molecule has 0 aliphatic rings. The minimum Gasteiger partial charge on any atom is -0.463 e. The Kier molecular flexibility index (Phi) is 6.10. The molecule has 0 radical (unpaired) electrons. The van der Waals surface area contributed by atoms with E-state index in [0.29, 0.717) is 12.2 Å². The quantitative estimate of drug-likeness (QED) is 0.363. The summed E-state index contributed by atoms with van der Waals surface area (Å²) in [6.07, 6.45) is 0. The number of carbonyl (C=O) groups is 1. The molecule has 0 aromatic heterocycles. The molecule has 0 spiro atoms. The zero-order chi connectivity index (χ0) is 9.56. The third-order valence-electron chi connectivity index (χ3n) is 0.937. The van der Waals surface area contributed by atoms with Crippen LogP contribution in [-0.4, -0.2) is 16.5 Å². The summed E-state index contributed by atoms with van der Waals surface area (Å²) in [5.41, 5.74) is 0.506. The largest absolute Gasteiger partial charge is 0.463 e. The van der Waals surface area contributed by atoms with E-state index in [-0.39, 0.29) is 9.92 Å². The molecule has 0 bridgehead atoms. The van der Waals surface area contributed by atoms with E-state index in [0.717, 1.165) is 11.8 Å². The maximum atomic E-state index is 11.0. The van der Waals surface area contributed by atoms with Gasteiger partial charge in [0.15, 0.2) is 0 Å². The molecule has 68 valence electrons. The van der Waals surface area contributed by atoms with Crippen molar-refractivity contribution < 1.29 is 9.53 Å². The molecule has 0 aliphatic carbocycles. The van der Waals surface area contributed by atoms with Crippen molar-refractivity contribution in [1.82, 2.24) is 0 Å². The molecule has 0 aromatic rings. The van der Waals surface area contributed by atoms with Crippen molar-refractivity contribution in [2.45, 2.75) is 13.8 Å². The summed E-state index contributed by atoms with van der Waals surface area (Å²) in [5, 5.41) is 8.59. The molecule has 0 unspecified atom stereocenters. The lowest BCUT2D eigenvalue weighted by molar-refractivity contribution is -0.138. The van der Waals surface area contributed by atoms with Gasteiger partial charge in [-0.1, -0.05) is 11.8 Å². The molecule has 5 heteroatoms. The van der Waals surface area contributed by atoms with E-state index in [1.54, 1.807) is 19.3 Å². The highest BCUT2D eigenvalue weighted by Crippen LogP contribution is 2.12. The Balaban J connectivity index is 3.99. The first-order valence-corrected chi connectivity index (χ1v) is 4.99. The van der Waals surface area contributed by atoms with Gasteiger partial charge in [0, 0.05) is 5.57 Å². The van der Waals surface area contributed by atoms with Gasteiger partial charge in [0.05, 0.1) is 6.61 Å². The van der Waals surface area contributed by atoms with E-state index in [1.165, 1.54) is 0 Å². The molecular formula is C7H10BrNO2S. The maximum absolute atomic E-state index is 11.0. The van der Waals surface area contributed by atoms with E-state index in [2.05, 4.69) is 15.9 Å². The Morgan fingerprint density at radius 3 is 2.75 bits per heavy atom. The summed E-state index contributed by atoms with van der Waals surface area (Å²) < 4.78 is 5.00. The van der Waals surface area contributed by atoms with Crippen LogP contribution in [0.3, 0.4) is 0 Å². The second-order valence-electron chi connectivity index (χ2n) is 1.91. The molecule has 0 atom stereocenters. The van der Waals surface area contributed by atoms with Gasteiger partial charge < -0.3 is 4.74 Å². The van der Waals surface area contributed by atoms with Crippen LogP contribution in [0.4, 0.5) is 0 Å². The maximum Gasteiger partial charge on any atom is 0.334 e. The first-order valence-electron chi connectivity index (χ1n) is 3.32. The van der Waals surface area contributed by atoms with Gasteiger partial charge >= 0.3 is 5.97 Å². The Bertz CT molecular complexity index is 215. The minimum absolute atomic E-state index is 0.270. The molecule has 0 rings (SSSR count). The van der Waals surface area contributed by atoms with Crippen molar-refractivity contribution in [3.05, 3.63) is 11.0 Å². The zero-order valence-corrected chi connectivity index (χ0v) is 9.29. The van der Waals surface area contributed by atoms with Crippen LogP contribution in [0.5, 0.6) is 0 Å². The first-order chi connectivity index (χ1) is 5.57. The number of carbonyl (C=O) groups excluding carboxylic acids is 1. The monoisotopic (exact) mass is 251 g/mol. The molecule has 3 nitrogen and oxygen atoms in total. The second-order valence-corrected chi connectivity index (χ2v) is 4.11. The van der Waals surface area contributed by atoms with E-state index in [1.807, 2.05) is 0 Å². The Hall–Kier alpha value is -0.290. The fraction of sp³-hybridized carbons (Fsp3) is 0.429. The van der Waals surface area contributed by atoms with E-state index in [9.17, 15) is 4.79 Å². The lowest BCUT2D eigenvalue weighted by Crippen LogP contribution is -2.04. The highest BCUT2D eigenvalue weighted by Gasteiger charge is 2.03. The van der Waals surface area contributed by atoms with Crippen LogP contribution in [-0.2, 0) is 9.53 Å². The average Bonchev–Trinajstić information content (AvgIpc) is 2.00. The number of nitrogens with one attached hydrogen (secondary N) is 1. The summed E-state index contributed by atoms with van der Waals surface area (Å²) in [6, 6.07) is 0. The van der Waals surface area contributed by atoms with Gasteiger partial charge in [-0.15, -0.1) is 0 Å². The standard InChI is InChI=1S/C7H10BrNO2S/c1-3-11-6(10)5(2)4-12-7(8)9/h4,9H,3H2,1-2H3/b5-4+,9-7?. The van der Waals surface area contributed by atoms with Gasteiger partial charge in [-0.3, -0.25) is 5.41 Å². The van der Waals surface area contributed by atoms with Gasteiger partial charge in [-0.2, -0.15) is 0 Å². The van der Waals surface area contributed by atoms with Crippen LogP contribution >= 0.6 is 27.7 Å². The van der Waals surface area contributed by atoms with E-state index >= 15 is 0 Å². The van der Waals surface area contributed by atoms with Gasteiger partial charge in [-0.25, -0.2) is 4.79 Å². The number of rotatable bonds is 3. The van der Waals surface area contributed by atoms with E-state index in [4.69, 9.17) is 10.1 Å². The van der Waals surface area contributed by atoms with E-state index < -0.39 is 0 Å². The summed E-state index contributed by atoms with van der Waals surface area (Å²) in [5.74, 6) is -0.334. The van der Waals surface area contributed by atoms with Crippen LogP contribution in [0.15, 0.2) is 11.0 Å². The SMILES string of the molecule is CCOC(=O)/C(C)=C/SC(=N)Br. The first kappa shape index (κ1) is 11.7. The molecule has 0 saturated heterocycles. The molecule has 0 saturated carbocycles. The van der Waals surface area contributed by atoms with Crippen LogP contribution in [0, 0.1) is 5.41 Å². The third kappa shape index (κ3) is 5.37. The summed E-state index contributed by atoms with van der Waals surface area (Å²) >= 11 is 4.07. The predicted octanol–water partition coefficient (Wildman–Crippen LogP) is 2.52. The Morgan fingerprint density at radius 2 is 2.33 bits per heavy atom. The Labute approximate surface area is 84.2 Å². The molecule has 0 amide bonds. The molecule has 0 aromatic carbocycles. The van der Waals surface area contributed by atoms with Crippen molar-refractivity contribution in [3.8, 4) is 0 Å². The minimum atomic E-state index is -0.334. The van der Waals surface area contributed by atoms with Crippen LogP contribution < -0.4 is 0 Å². The number of hydrogen-bond donors (Lipinski definition) is 1. The molecule has 1 N–H and O–H groups in total. The summed E-state index contributed by atoms with van der Waals surface area (Å²) in [4.78, 5) is 11.0. The fourth-order valence-electron chi connectivity index (χ4n) is 0.433. The molecule has 12 heavy (non-hydrogen) atoms. The summed E-state index contributed by atoms with van der Waals surface area (Å²) in [6.45, 7) is 3.78. The average molecular weight is 252 g/mol. The number of ether oxygens (including phenoxy) is 1. The van der Waals surface area contributed by atoms with Crippen LogP contribution in [0.25, 0.3) is 0 Å². The summed E-state index contributed by atoms with van der Waals surface area (Å²) in [7, 11) is 0. The van der Waals surface area contributed by atoms with Crippen LogP contribution in [0.2, 0.25) is 0 Å². The van der Waals surface area contributed by atoms with Crippen molar-refractivity contribution in [1.29, 1.82) is 5.41 Å². The van der Waals surface area contributed by atoms with Crippen molar-refractivity contribution in [2.75, 3.05) is 6.61 Å². The highest BCUT2D eigenvalue weighted by atomic mass is 79.9. The van der Waals surface area contributed by atoms with Crippen LogP contribution in [0.1, 0.15) is 13.8 Å². The Morgan fingerprint density at radius 1 is 1.75 bits per heavy atom. The van der Waals surface area contributed by atoms with Crippen molar-refractivity contribution >= 4 is 37.6 Å². The fourth-order valence-corrected chi connectivity index (χ4v) is 1.09. The van der Waals surface area contributed by atoms with Gasteiger partial charge in [0.1, 0.15) is 3.95 Å². The van der Waals surface area contributed by atoms with Crippen molar-refractivity contribution in [3.63, 3.8) is 0 Å². The molecule has 0 aliphatic heterocycles. The van der Waals surface area contributed by atoms with Gasteiger partial charge in [0.25, 0.3) is 0 Å². The number of thioether (sulfide) groups is 1. The van der Waals surface area contributed by atoms with Gasteiger partial charge in [0.2, 0.25) is 0 Å². The molecule has 0 fully saturated rings. The number of esters is 1. The second kappa shape index (κ2) is 6.25. The predicted molar refractivity (Wildman–Crippen MR) is 54.6 cm³/mol. The smallest absolute Gasteiger partial charge is 0.334 e. The van der Waals surface area contributed by atoms with Crippen molar-refractivity contribution in [2.24, 2.45) is 0 Å². The molecule has 0 heterocycles. The van der Waals surface area contributed by atoms with Gasteiger partial charge in [-0.05, 0) is 35.2 Å². The molecular weight excluding hydrogens is 242 g/mol. The highest BCUT2D eigenvalue weighted by molar-refractivity contribution is 9.22.